The Balaban J connectivity index is 0.000000373. The number of Topliss-reactive ketones (excluding diaryl/α,β-unsaturated/α-hetero) is 1. The van der Waals surface area contributed by atoms with E-state index in [4.69, 9.17) is 34.5 Å². The van der Waals surface area contributed by atoms with Crippen LogP contribution in [-0.4, -0.2) is 134 Å². The van der Waals surface area contributed by atoms with Crippen molar-refractivity contribution in [1.82, 2.24) is 9.80 Å². The number of carbonyl (C=O) groups excluding carboxylic acids is 5. The largest absolute Gasteiger partial charge is 0.481 e. The number of amides is 2. The van der Waals surface area contributed by atoms with Crippen LogP contribution in [0, 0.1) is 17.8 Å². The van der Waals surface area contributed by atoms with Crippen LogP contribution in [-0.2, 0) is 60.4 Å². The summed E-state index contributed by atoms with van der Waals surface area (Å²) in [4.78, 5) is 75.8. The number of hydrogen-bond donors (Lipinski definition) is 2. The maximum atomic E-state index is 13.2. The monoisotopic (exact) mass is 914 g/mol. The van der Waals surface area contributed by atoms with Gasteiger partial charge in [0.2, 0.25) is 0 Å². The summed E-state index contributed by atoms with van der Waals surface area (Å²) in [7, 11) is 5.72. The molecule has 4 rings (SSSR count). The average Bonchev–Trinajstić information content (AvgIpc) is 3.94. The van der Waals surface area contributed by atoms with E-state index in [2.05, 4.69) is 4.74 Å². The van der Waals surface area contributed by atoms with E-state index in [-0.39, 0.29) is 30.3 Å². The van der Waals surface area contributed by atoms with Gasteiger partial charge in [0, 0.05) is 39.6 Å². The summed E-state index contributed by atoms with van der Waals surface area (Å²) in [5.74, 6) is -3.51. The fourth-order valence-electron chi connectivity index (χ4n) is 7.91. The topological polar surface area (TPSA) is 211 Å². The number of esters is 2. The van der Waals surface area contributed by atoms with Crippen LogP contribution in [0.25, 0.3) is 0 Å². The molecule has 2 aromatic carbocycles. The number of carbonyl (C=O) groups is 6. The molecular formula is C49H75N3O13. The van der Waals surface area contributed by atoms with E-state index in [9.17, 15) is 28.8 Å². The summed E-state index contributed by atoms with van der Waals surface area (Å²) in [6.45, 7) is 15.5. The van der Waals surface area contributed by atoms with Crippen molar-refractivity contribution >= 4 is 35.9 Å². The molecule has 0 spiro atoms. The summed E-state index contributed by atoms with van der Waals surface area (Å²) in [6.07, 6.45) is 2.33. The summed E-state index contributed by atoms with van der Waals surface area (Å²) in [6, 6.07) is 18.1. The van der Waals surface area contributed by atoms with Gasteiger partial charge in [0.1, 0.15) is 23.0 Å². The van der Waals surface area contributed by atoms with E-state index in [1.165, 1.54) is 21.3 Å². The molecule has 16 heteroatoms. The van der Waals surface area contributed by atoms with Crippen molar-refractivity contribution in [2.24, 2.45) is 23.5 Å². The third-order valence-electron chi connectivity index (χ3n) is 11.1. The predicted octanol–water partition coefficient (Wildman–Crippen LogP) is 6.88. The number of nitrogens with two attached hydrogens (primary N) is 1. The van der Waals surface area contributed by atoms with Crippen LogP contribution in [0.15, 0.2) is 60.7 Å². The Morgan fingerprint density at radius 3 is 1.42 bits per heavy atom. The SMILES string of the molecule is COC(=O)[C@@H](CC(=O)[C@H](C)[C@@H](OC)[C@@H]1CCCN1C(=O)OC(C)(C)C)Cc1ccccc1.COC(=O)[C@@H](N)Cc1ccccc1.CO[C@H]([C@@H](C)C(=O)O)[C@@H]1CCCN1C(=O)OC(C)(C)C. The Morgan fingerprint density at radius 1 is 0.646 bits per heavy atom. The second-order valence-corrected chi connectivity index (χ2v) is 18.5. The first-order chi connectivity index (χ1) is 30.5. The van der Waals surface area contributed by atoms with Crippen LogP contribution >= 0.6 is 0 Å². The quantitative estimate of drug-likeness (QED) is 0.130. The van der Waals surface area contributed by atoms with Crippen molar-refractivity contribution in [2.45, 2.75) is 142 Å². The first-order valence-corrected chi connectivity index (χ1v) is 22.3. The highest BCUT2D eigenvalue weighted by Crippen LogP contribution is 2.31. The normalized spacial score (nSPS) is 18.8. The molecule has 3 N–H and O–H groups in total. The molecule has 2 amide bonds. The standard InChI is InChI=1S/C25H37NO6.C14H25NO5.C10H13NO2/c1-17(21(27)16-19(23(28)31-6)15-18-11-8-7-9-12-18)22(30-5)20-13-10-14-26(20)24(29)32-25(2,3)4;1-9(12(16)17)11(19-5)10-7-6-8-15(10)13(18)20-14(2,3)4;1-13-10(12)9(11)7-8-5-3-2-4-6-8/h7-9,11-12,17,19-20,22H,10,13-16H2,1-6H3;9-11H,6-8H2,1-5H3,(H,16,17);2-6,9H,7,11H2,1H3/t17-,19+,20-,22+;9-,10+,11-;9-/m010/s1. The summed E-state index contributed by atoms with van der Waals surface area (Å²) >= 11 is 0. The minimum absolute atomic E-state index is 0.0573. The Kier molecular flexibility index (Phi) is 23.1. The predicted molar refractivity (Wildman–Crippen MR) is 245 cm³/mol. The molecule has 2 heterocycles. The van der Waals surface area contributed by atoms with Crippen LogP contribution in [0.5, 0.6) is 0 Å². The highest BCUT2D eigenvalue weighted by molar-refractivity contribution is 5.86. The van der Waals surface area contributed by atoms with Gasteiger partial charge in [-0.2, -0.15) is 0 Å². The zero-order valence-electron chi connectivity index (χ0n) is 40.6. The lowest BCUT2D eigenvalue weighted by Gasteiger charge is -2.35. The van der Waals surface area contributed by atoms with E-state index >= 15 is 0 Å². The third-order valence-corrected chi connectivity index (χ3v) is 11.1. The maximum Gasteiger partial charge on any atom is 0.410 e. The van der Waals surface area contributed by atoms with Crippen LogP contribution in [0.1, 0.15) is 98.6 Å². The first kappa shape index (κ1) is 56.1. The zero-order chi connectivity index (χ0) is 49.1. The smallest absolute Gasteiger partial charge is 0.410 e. The minimum atomic E-state index is -0.923. The van der Waals surface area contributed by atoms with Crippen molar-refractivity contribution < 1.29 is 62.3 Å². The van der Waals surface area contributed by atoms with E-state index in [0.29, 0.717) is 25.9 Å². The van der Waals surface area contributed by atoms with Crippen molar-refractivity contribution in [2.75, 3.05) is 41.5 Å². The van der Waals surface area contributed by atoms with Gasteiger partial charge in [-0.3, -0.25) is 19.2 Å². The molecular weight excluding hydrogens is 839 g/mol. The highest BCUT2D eigenvalue weighted by Gasteiger charge is 2.43. The summed E-state index contributed by atoms with van der Waals surface area (Å²) < 4.78 is 31.5. The molecule has 2 aromatic rings. The fraction of sp³-hybridized carbons (Fsp3) is 0.633. The van der Waals surface area contributed by atoms with E-state index in [1.807, 2.05) is 102 Å². The van der Waals surface area contributed by atoms with Gasteiger partial charge in [-0.05, 0) is 98.1 Å². The van der Waals surface area contributed by atoms with Gasteiger partial charge < -0.3 is 49.1 Å². The molecule has 8 atom stereocenters. The fourth-order valence-corrected chi connectivity index (χ4v) is 7.91. The van der Waals surface area contributed by atoms with Crippen LogP contribution in [0.2, 0.25) is 0 Å². The molecule has 2 aliphatic rings. The Morgan fingerprint density at radius 2 is 1.05 bits per heavy atom. The molecule has 0 radical (unpaired) electrons. The summed E-state index contributed by atoms with van der Waals surface area (Å²) in [5.41, 5.74) is 6.44. The maximum absolute atomic E-state index is 13.2. The van der Waals surface area contributed by atoms with Gasteiger partial charge in [0.15, 0.2) is 0 Å². The van der Waals surface area contributed by atoms with Gasteiger partial charge in [0.25, 0.3) is 0 Å². The molecule has 0 unspecified atom stereocenters. The van der Waals surface area contributed by atoms with Gasteiger partial charge in [-0.1, -0.05) is 67.6 Å². The lowest BCUT2D eigenvalue weighted by atomic mass is 9.85. The Bertz CT molecular complexity index is 1800. The number of rotatable bonds is 16. The number of carboxylic acids is 1. The number of ketones is 1. The molecule has 2 aliphatic heterocycles. The lowest BCUT2D eigenvalue weighted by molar-refractivity contribution is -0.148. The molecule has 2 fully saturated rings. The second-order valence-electron chi connectivity index (χ2n) is 18.5. The Labute approximate surface area is 385 Å². The minimum Gasteiger partial charge on any atom is -0.481 e. The number of methoxy groups -OCH3 is 4. The molecule has 2 saturated heterocycles. The highest BCUT2D eigenvalue weighted by atomic mass is 16.6. The lowest BCUT2D eigenvalue weighted by Crippen LogP contribution is -2.49. The summed E-state index contributed by atoms with van der Waals surface area (Å²) in [5, 5.41) is 9.14. The van der Waals surface area contributed by atoms with Crippen molar-refractivity contribution in [3.8, 4) is 0 Å². The molecule has 364 valence electrons. The number of ether oxygens (including phenoxy) is 6. The van der Waals surface area contributed by atoms with Gasteiger partial charge in [-0.25, -0.2) is 9.59 Å². The van der Waals surface area contributed by atoms with Gasteiger partial charge in [-0.15, -0.1) is 0 Å². The Hall–Kier alpha value is -5.06. The molecule has 0 saturated carbocycles. The van der Waals surface area contributed by atoms with Crippen molar-refractivity contribution in [1.29, 1.82) is 0 Å². The number of likely N-dealkylation sites (tertiary alicyclic amines) is 2. The number of benzene rings is 2. The zero-order valence-corrected chi connectivity index (χ0v) is 40.6. The van der Waals surface area contributed by atoms with Crippen LogP contribution < -0.4 is 5.73 Å². The number of aliphatic carboxylic acids is 1. The molecule has 65 heavy (non-hydrogen) atoms. The van der Waals surface area contributed by atoms with Gasteiger partial charge in [0.05, 0.1) is 50.3 Å². The third kappa shape index (κ3) is 18.8. The number of carboxylic acid groups (broad SMARTS) is 1. The molecule has 0 aliphatic carbocycles. The van der Waals surface area contributed by atoms with Crippen molar-refractivity contribution in [3.63, 3.8) is 0 Å². The average molecular weight is 914 g/mol. The van der Waals surface area contributed by atoms with E-state index < -0.39 is 71.3 Å². The van der Waals surface area contributed by atoms with Crippen molar-refractivity contribution in [3.05, 3.63) is 71.8 Å². The molecule has 0 bridgehead atoms. The number of hydrogen-bond acceptors (Lipinski definition) is 13. The first-order valence-electron chi connectivity index (χ1n) is 22.3. The number of nitrogens with zero attached hydrogens (tertiary/aromatic N) is 2. The van der Waals surface area contributed by atoms with Gasteiger partial charge >= 0.3 is 30.1 Å². The second kappa shape index (κ2) is 26.8. The van der Waals surface area contributed by atoms with Crippen LogP contribution in [0.3, 0.4) is 0 Å². The molecule has 0 aromatic heterocycles. The van der Waals surface area contributed by atoms with Crippen LogP contribution in [0.4, 0.5) is 9.59 Å². The van der Waals surface area contributed by atoms with E-state index in [1.54, 1.807) is 30.8 Å². The molecule has 16 nitrogen and oxygen atoms in total. The van der Waals surface area contributed by atoms with E-state index in [0.717, 1.165) is 36.8 Å².